The average Bonchev–Trinajstić information content (AvgIpc) is 2.43. The molecule has 1 aromatic carbocycles. The van der Waals surface area contributed by atoms with E-state index in [1.54, 1.807) is 13.8 Å². The molecular weight excluding hydrogens is 308 g/mol. The molecule has 1 aromatic rings. The highest BCUT2D eigenvalue weighted by molar-refractivity contribution is 7.90. The van der Waals surface area contributed by atoms with Gasteiger partial charge in [-0.25, -0.2) is 13.2 Å². The van der Waals surface area contributed by atoms with Crippen molar-refractivity contribution >= 4 is 27.4 Å². The number of nitrogens with two attached hydrogens (primary N) is 1. The number of sulfone groups is 1. The number of amides is 1. The van der Waals surface area contributed by atoms with E-state index in [1.807, 2.05) is 0 Å². The molecule has 1 rings (SSSR count). The fourth-order valence-electron chi connectivity index (χ4n) is 1.62. The summed E-state index contributed by atoms with van der Waals surface area (Å²) in [6.07, 6.45) is 1.01. The molecular formula is C14H20N2O5S. The molecule has 3 N–H and O–H groups in total. The zero-order chi connectivity index (χ0) is 17.1. The smallest absolute Gasteiger partial charge is 0.337 e. The third-order valence-electron chi connectivity index (χ3n) is 3.23. The minimum absolute atomic E-state index is 0.0363. The highest BCUT2D eigenvalue weighted by Crippen LogP contribution is 2.20. The van der Waals surface area contributed by atoms with Gasteiger partial charge in [-0.15, -0.1) is 0 Å². The first-order valence-corrected chi connectivity index (χ1v) is 8.45. The van der Waals surface area contributed by atoms with Crippen LogP contribution in [0.15, 0.2) is 23.1 Å². The van der Waals surface area contributed by atoms with Crippen LogP contribution < -0.4 is 11.1 Å². The summed E-state index contributed by atoms with van der Waals surface area (Å²) in [4.78, 5) is 23.5. The highest BCUT2D eigenvalue weighted by atomic mass is 32.2. The van der Waals surface area contributed by atoms with Gasteiger partial charge in [0.1, 0.15) is 0 Å². The summed E-state index contributed by atoms with van der Waals surface area (Å²) in [6, 6.07) is 3.48. The third-order valence-corrected chi connectivity index (χ3v) is 4.32. The van der Waals surface area contributed by atoms with E-state index in [4.69, 9.17) is 5.73 Å². The lowest BCUT2D eigenvalue weighted by Crippen LogP contribution is -2.34. The Labute approximate surface area is 129 Å². The van der Waals surface area contributed by atoms with E-state index < -0.39 is 21.7 Å². The van der Waals surface area contributed by atoms with Crippen LogP contribution >= 0.6 is 0 Å². The van der Waals surface area contributed by atoms with Gasteiger partial charge in [0.15, 0.2) is 9.84 Å². The van der Waals surface area contributed by atoms with Gasteiger partial charge in [-0.3, -0.25) is 4.79 Å². The van der Waals surface area contributed by atoms with Gasteiger partial charge in [-0.1, -0.05) is 6.92 Å². The van der Waals surface area contributed by atoms with Crippen molar-refractivity contribution < 1.29 is 22.7 Å². The summed E-state index contributed by atoms with van der Waals surface area (Å²) in [5.41, 5.74) is 5.89. The van der Waals surface area contributed by atoms with Crippen LogP contribution in [0.2, 0.25) is 0 Å². The standard InChI is InChI=1S/C14H20N2O5S/c1-8(9(2)15)13(17)16-11-5-10(14(18)21-3)6-12(7-11)22(4,19)20/h5-9H,15H2,1-4H3,(H,16,17). The number of carbonyl (C=O) groups is 2. The number of carbonyl (C=O) groups excluding carboxylic acids is 2. The predicted molar refractivity (Wildman–Crippen MR) is 82.3 cm³/mol. The molecule has 0 aliphatic rings. The van der Waals surface area contributed by atoms with Crippen molar-refractivity contribution in [3.05, 3.63) is 23.8 Å². The van der Waals surface area contributed by atoms with E-state index in [1.165, 1.54) is 25.3 Å². The predicted octanol–water partition coefficient (Wildman–Crippen LogP) is 0.798. The average molecular weight is 328 g/mol. The van der Waals surface area contributed by atoms with Gasteiger partial charge in [-0.2, -0.15) is 0 Å². The van der Waals surface area contributed by atoms with Crippen molar-refractivity contribution in [2.45, 2.75) is 24.8 Å². The summed E-state index contributed by atoms with van der Waals surface area (Å²) in [5, 5.41) is 2.56. The number of rotatable bonds is 5. The number of esters is 1. The first-order chi connectivity index (χ1) is 10.1. The molecule has 0 saturated carbocycles. The van der Waals surface area contributed by atoms with Gasteiger partial charge in [-0.05, 0) is 25.1 Å². The molecule has 7 nitrogen and oxygen atoms in total. The quantitative estimate of drug-likeness (QED) is 0.772. The van der Waals surface area contributed by atoms with E-state index in [0.717, 1.165) is 6.26 Å². The van der Waals surface area contributed by atoms with Crippen LogP contribution in [0, 0.1) is 5.92 Å². The van der Waals surface area contributed by atoms with Crippen LogP contribution in [-0.4, -0.2) is 39.7 Å². The molecule has 0 aromatic heterocycles. The van der Waals surface area contributed by atoms with E-state index in [2.05, 4.69) is 10.1 Å². The normalized spacial score (nSPS) is 14.0. The molecule has 0 radical (unpaired) electrons. The summed E-state index contributed by atoms with van der Waals surface area (Å²) < 4.78 is 28.0. The maximum absolute atomic E-state index is 12.0. The van der Waals surface area contributed by atoms with Gasteiger partial charge in [0.25, 0.3) is 0 Å². The molecule has 0 spiro atoms. The number of ether oxygens (including phenoxy) is 1. The fourth-order valence-corrected chi connectivity index (χ4v) is 2.30. The lowest BCUT2D eigenvalue weighted by atomic mass is 10.0. The highest BCUT2D eigenvalue weighted by Gasteiger charge is 2.19. The Morgan fingerprint density at radius 3 is 2.27 bits per heavy atom. The second-order valence-corrected chi connectivity index (χ2v) is 7.16. The van der Waals surface area contributed by atoms with Crippen molar-refractivity contribution in [2.24, 2.45) is 11.7 Å². The first kappa shape index (κ1) is 18.1. The first-order valence-electron chi connectivity index (χ1n) is 6.56. The van der Waals surface area contributed by atoms with Crippen LogP contribution in [0.25, 0.3) is 0 Å². The molecule has 1 amide bonds. The summed E-state index contributed by atoms with van der Waals surface area (Å²) in [5.74, 6) is -1.53. The molecule has 8 heteroatoms. The van der Waals surface area contributed by atoms with Crippen molar-refractivity contribution in [3.63, 3.8) is 0 Å². The van der Waals surface area contributed by atoms with Gasteiger partial charge in [0.2, 0.25) is 5.91 Å². The number of benzene rings is 1. The van der Waals surface area contributed by atoms with Crippen molar-refractivity contribution in [2.75, 3.05) is 18.7 Å². The van der Waals surface area contributed by atoms with Gasteiger partial charge in [0, 0.05) is 18.0 Å². The molecule has 122 valence electrons. The summed E-state index contributed by atoms with van der Waals surface area (Å²) in [7, 11) is -2.36. The van der Waals surface area contributed by atoms with Gasteiger partial charge < -0.3 is 15.8 Å². The third kappa shape index (κ3) is 4.54. The molecule has 0 fully saturated rings. The Morgan fingerprint density at radius 2 is 1.82 bits per heavy atom. The van der Waals surface area contributed by atoms with Crippen LogP contribution in [0.5, 0.6) is 0 Å². The summed E-state index contributed by atoms with van der Waals surface area (Å²) >= 11 is 0. The number of anilines is 1. The van der Waals surface area contributed by atoms with Crippen LogP contribution in [0.1, 0.15) is 24.2 Å². The molecule has 0 aliphatic heterocycles. The van der Waals surface area contributed by atoms with E-state index in [9.17, 15) is 18.0 Å². The molecule has 2 unspecified atom stereocenters. The fraction of sp³-hybridized carbons (Fsp3) is 0.429. The minimum atomic E-state index is -3.55. The monoisotopic (exact) mass is 328 g/mol. The molecule has 0 saturated heterocycles. The number of hydrogen-bond donors (Lipinski definition) is 2. The van der Waals surface area contributed by atoms with Gasteiger partial charge in [0.05, 0.1) is 23.5 Å². The second kappa shape index (κ2) is 6.89. The van der Waals surface area contributed by atoms with Crippen LogP contribution in [0.4, 0.5) is 5.69 Å². The van der Waals surface area contributed by atoms with Crippen molar-refractivity contribution in [1.82, 2.24) is 0 Å². The number of methoxy groups -OCH3 is 1. The Bertz CT molecular complexity index is 682. The van der Waals surface area contributed by atoms with Gasteiger partial charge >= 0.3 is 5.97 Å². The minimum Gasteiger partial charge on any atom is -0.465 e. The van der Waals surface area contributed by atoms with Crippen molar-refractivity contribution in [1.29, 1.82) is 0 Å². The number of hydrogen-bond acceptors (Lipinski definition) is 6. The van der Waals surface area contributed by atoms with Crippen LogP contribution in [-0.2, 0) is 19.4 Å². The Morgan fingerprint density at radius 1 is 1.23 bits per heavy atom. The molecule has 0 bridgehead atoms. The SMILES string of the molecule is COC(=O)c1cc(NC(=O)C(C)C(C)N)cc(S(C)(=O)=O)c1. The Hall–Kier alpha value is -1.93. The molecule has 2 atom stereocenters. The zero-order valence-corrected chi connectivity index (χ0v) is 13.7. The number of nitrogens with one attached hydrogen (secondary N) is 1. The maximum Gasteiger partial charge on any atom is 0.337 e. The Kier molecular flexibility index (Phi) is 5.67. The van der Waals surface area contributed by atoms with Crippen molar-refractivity contribution in [3.8, 4) is 0 Å². The lowest BCUT2D eigenvalue weighted by molar-refractivity contribution is -0.119. The topological polar surface area (TPSA) is 116 Å². The Balaban J connectivity index is 3.24. The largest absolute Gasteiger partial charge is 0.465 e. The molecule has 22 heavy (non-hydrogen) atoms. The lowest BCUT2D eigenvalue weighted by Gasteiger charge is -2.16. The molecule has 0 aliphatic carbocycles. The van der Waals surface area contributed by atoms with E-state index in [0.29, 0.717) is 0 Å². The molecule has 0 heterocycles. The zero-order valence-electron chi connectivity index (χ0n) is 12.9. The van der Waals surface area contributed by atoms with E-state index >= 15 is 0 Å². The second-order valence-electron chi connectivity index (χ2n) is 5.15. The van der Waals surface area contributed by atoms with Crippen LogP contribution in [0.3, 0.4) is 0 Å². The summed E-state index contributed by atoms with van der Waals surface area (Å²) in [6.45, 7) is 3.35. The van der Waals surface area contributed by atoms with E-state index in [-0.39, 0.29) is 28.1 Å². The maximum atomic E-state index is 12.0.